The van der Waals surface area contributed by atoms with Gasteiger partial charge in [0.2, 0.25) is 0 Å². The zero-order valence-electron chi connectivity index (χ0n) is 22.6. The van der Waals surface area contributed by atoms with Crippen LogP contribution < -0.4 is 10.2 Å². The number of hydrogen-bond donors (Lipinski definition) is 9. The quantitative estimate of drug-likeness (QED) is 0.144. The minimum absolute atomic E-state index is 0.00563. The van der Waals surface area contributed by atoms with E-state index in [2.05, 4.69) is 0 Å². The number of rotatable bonds is 7. The molecule has 0 aliphatic carbocycles. The molecule has 10 unspecified atom stereocenters. The maximum absolute atomic E-state index is 13.2. The molecule has 0 spiro atoms. The molecule has 2 aliphatic rings. The van der Waals surface area contributed by atoms with Crippen LogP contribution in [0.3, 0.4) is 0 Å². The molecule has 2 aromatic carbocycles. The number of ether oxygens (including phenoxy) is 4. The lowest BCUT2D eigenvalue weighted by Gasteiger charge is -2.46. The first-order valence-electron chi connectivity index (χ1n) is 13.3. The number of aliphatic hydroxyl groups is 7. The zero-order valence-corrected chi connectivity index (χ0v) is 22.6. The Bertz CT molecular complexity index is 1490. The van der Waals surface area contributed by atoms with Gasteiger partial charge in [0.25, 0.3) is 0 Å². The molecule has 0 amide bonds. The van der Waals surface area contributed by atoms with E-state index >= 15 is 0 Å². The molecule has 15 nitrogen and oxygen atoms in total. The maximum atomic E-state index is 13.2. The standard InChI is InChI=1S/C28H32O15/c1-39-14-7-15-18(12(32)6-13(40-15)10-2-4-11(31)5-3-10)21(34)19(14)27-24(37)23(36)26(17(9-30)41-27)43-28-25(38)22(35)20(33)16(8-29)42-28/h2-7,16-17,20,22-31,33-38H,8-9H2,1H3. The van der Waals surface area contributed by atoms with Gasteiger partial charge in [0, 0.05) is 17.7 Å². The van der Waals surface area contributed by atoms with Crippen LogP contribution in [0.25, 0.3) is 22.3 Å². The molecule has 43 heavy (non-hydrogen) atoms. The van der Waals surface area contributed by atoms with E-state index in [1.165, 1.54) is 37.4 Å². The normalized spacial score (nSPS) is 33.0. The van der Waals surface area contributed by atoms with Crippen molar-refractivity contribution in [2.45, 2.75) is 61.2 Å². The summed E-state index contributed by atoms with van der Waals surface area (Å²) in [6.07, 6.45) is -16.7. The molecule has 234 valence electrons. The van der Waals surface area contributed by atoms with E-state index in [9.17, 15) is 50.8 Å². The molecule has 3 aromatic rings. The van der Waals surface area contributed by atoms with E-state index in [4.69, 9.17) is 23.4 Å². The Morgan fingerprint density at radius 1 is 0.814 bits per heavy atom. The summed E-state index contributed by atoms with van der Waals surface area (Å²) >= 11 is 0. The Labute approximate surface area is 242 Å². The predicted molar refractivity (Wildman–Crippen MR) is 143 cm³/mol. The molecule has 0 bridgehead atoms. The van der Waals surface area contributed by atoms with Gasteiger partial charge in [-0.25, -0.2) is 0 Å². The molecule has 2 aliphatic heterocycles. The molecule has 5 rings (SSSR count). The zero-order chi connectivity index (χ0) is 31.2. The van der Waals surface area contributed by atoms with Crippen molar-refractivity contribution >= 4 is 11.0 Å². The summed E-state index contributed by atoms with van der Waals surface area (Å²) in [5.74, 6) is -0.644. The minimum Gasteiger partial charge on any atom is -0.508 e. The SMILES string of the molecule is COc1cc2oc(-c3ccc(O)cc3)cc(=O)c2c(O)c1C1OC(CO)C(OC2OC(CO)C(O)C(O)C2O)C(O)C1O. The summed E-state index contributed by atoms with van der Waals surface area (Å²) in [4.78, 5) is 13.2. The number of phenols is 2. The molecule has 2 saturated heterocycles. The molecule has 0 saturated carbocycles. The molecule has 9 N–H and O–H groups in total. The molecule has 0 radical (unpaired) electrons. The fourth-order valence-corrected chi connectivity index (χ4v) is 5.33. The largest absolute Gasteiger partial charge is 0.508 e. The van der Waals surface area contributed by atoms with E-state index in [-0.39, 0.29) is 33.8 Å². The Morgan fingerprint density at radius 3 is 2.12 bits per heavy atom. The Morgan fingerprint density at radius 2 is 1.49 bits per heavy atom. The van der Waals surface area contributed by atoms with Gasteiger partial charge < -0.3 is 69.3 Å². The monoisotopic (exact) mass is 608 g/mol. The Balaban J connectivity index is 1.49. The van der Waals surface area contributed by atoms with Gasteiger partial charge in [-0.15, -0.1) is 0 Å². The Kier molecular flexibility index (Phi) is 8.92. The number of phenolic OH excluding ortho intramolecular Hbond substituents is 2. The molecular formula is C28H32O15. The van der Waals surface area contributed by atoms with Crippen molar-refractivity contribution in [3.8, 4) is 28.6 Å². The van der Waals surface area contributed by atoms with E-state index < -0.39 is 85.6 Å². The average Bonchev–Trinajstić information content (AvgIpc) is 2.99. The highest BCUT2D eigenvalue weighted by Gasteiger charge is 2.51. The molecular weight excluding hydrogens is 576 g/mol. The highest BCUT2D eigenvalue weighted by Crippen LogP contribution is 2.45. The van der Waals surface area contributed by atoms with Crippen LogP contribution in [0.5, 0.6) is 17.2 Å². The molecule has 2 fully saturated rings. The van der Waals surface area contributed by atoms with E-state index in [1.807, 2.05) is 0 Å². The van der Waals surface area contributed by atoms with Crippen LogP contribution in [0.1, 0.15) is 11.7 Å². The number of benzene rings is 2. The second-order valence-corrected chi connectivity index (χ2v) is 10.3. The summed E-state index contributed by atoms with van der Waals surface area (Å²) in [5.41, 5.74) is -0.526. The molecule has 3 heterocycles. The lowest BCUT2D eigenvalue weighted by Crippen LogP contribution is -2.63. The van der Waals surface area contributed by atoms with Crippen molar-refractivity contribution in [1.29, 1.82) is 0 Å². The van der Waals surface area contributed by atoms with Crippen LogP contribution in [0.4, 0.5) is 0 Å². The number of aromatic hydroxyl groups is 2. The number of hydrogen-bond acceptors (Lipinski definition) is 15. The first-order chi connectivity index (χ1) is 20.5. The fourth-order valence-electron chi connectivity index (χ4n) is 5.33. The van der Waals surface area contributed by atoms with Gasteiger partial charge in [0.05, 0.1) is 25.9 Å². The van der Waals surface area contributed by atoms with Gasteiger partial charge in [-0.05, 0) is 24.3 Å². The van der Waals surface area contributed by atoms with Crippen LogP contribution in [-0.4, -0.2) is 121 Å². The van der Waals surface area contributed by atoms with Crippen LogP contribution in [0, 0.1) is 0 Å². The van der Waals surface area contributed by atoms with Crippen molar-refractivity contribution < 1.29 is 69.3 Å². The smallest absolute Gasteiger partial charge is 0.197 e. The second-order valence-electron chi connectivity index (χ2n) is 10.3. The van der Waals surface area contributed by atoms with Crippen molar-refractivity contribution in [2.75, 3.05) is 20.3 Å². The summed E-state index contributed by atoms with van der Waals surface area (Å²) in [5, 5.41) is 92.6. The first kappa shape index (κ1) is 31.1. The topological polar surface area (TPSA) is 249 Å². The summed E-state index contributed by atoms with van der Waals surface area (Å²) in [7, 11) is 1.24. The van der Waals surface area contributed by atoms with Crippen LogP contribution in [0.2, 0.25) is 0 Å². The van der Waals surface area contributed by atoms with Crippen molar-refractivity contribution in [3.05, 3.63) is 52.2 Å². The average molecular weight is 609 g/mol. The number of aliphatic hydroxyl groups excluding tert-OH is 7. The van der Waals surface area contributed by atoms with Gasteiger partial charge >= 0.3 is 0 Å². The Hall–Kier alpha value is -3.35. The van der Waals surface area contributed by atoms with Crippen LogP contribution in [-0.2, 0) is 14.2 Å². The lowest BCUT2D eigenvalue weighted by molar-refractivity contribution is -0.342. The third-order valence-electron chi connectivity index (χ3n) is 7.65. The summed E-state index contributed by atoms with van der Waals surface area (Å²) < 4.78 is 28.0. The molecule has 1 aromatic heterocycles. The molecule has 15 heteroatoms. The van der Waals surface area contributed by atoms with Crippen molar-refractivity contribution in [1.82, 2.24) is 0 Å². The fraction of sp³-hybridized carbons (Fsp3) is 0.464. The number of methoxy groups -OCH3 is 1. The van der Waals surface area contributed by atoms with Gasteiger partial charge in [-0.2, -0.15) is 0 Å². The number of fused-ring (bicyclic) bond motifs is 1. The predicted octanol–water partition coefficient (Wildman–Crippen LogP) is -1.78. The maximum Gasteiger partial charge on any atom is 0.197 e. The molecule has 10 atom stereocenters. The van der Waals surface area contributed by atoms with E-state index in [0.717, 1.165) is 6.07 Å². The van der Waals surface area contributed by atoms with Crippen molar-refractivity contribution in [3.63, 3.8) is 0 Å². The minimum atomic E-state index is -1.88. The highest BCUT2D eigenvalue weighted by molar-refractivity contribution is 5.88. The van der Waals surface area contributed by atoms with E-state index in [0.29, 0.717) is 5.56 Å². The van der Waals surface area contributed by atoms with Gasteiger partial charge in [0.1, 0.15) is 88.9 Å². The lowest BCUT2D eigenvalue weighted by atomic mass is 9.89. The second kappa shape index (κ2) is 12.3. The van der Waals surface area contributed by atoms with E-state index in [1.54, 1.807) is 0 Å². The third-order valence-corrected chi connectivity index (χ3v) is 7.65. The third kappa shape index (κ3) is 5.56. The summed E-state index contributed by atoms with van der Waals surface area (Å²) in [6.45, 7) is -1.55. The highest BCUT2D eigenvalue weighted by atomic mass is 16.7. The van der Waals surface area contributed by atoms with Gasteiger partial charge in [-0.1, -0.05) is 0 Å². The van der Waals surface area contributed by atoms with Crippen LogP contribution in [0.15, 0.2) is 45.6 Å². The van der Waals surface area contributed by atoms with Crippen molar-refractivity contribution in [2.24, 2.45) is 0 Å². The summed E-state index contributed by atoms with van der Waals surface area (Å²) in [6, 6.07) is 8.26. The van der Waals surface area contributed by atoms with Gasteiger partial charge in [-0.3, -0.25) is 4.79 Å². The van der Waals surface area contributed by atoms with Crippen LogP contribution >= 0.6 is 0 Å². The first-order valence-corrected chi connectivity index (χ1v) is 13.3. The van der Waals surface area contributed by atoms with Gasteiger partial charge in [0.15, 0.2) is 11.7 Å².